The number of nitrogens with one attached hydrogen (secondary N) is 1. The normalized spacial score (nSPS) is 10.2. The Morgan fingerprint density at radius 2 is 2.18 bits per heavy atom. The highest BCUT2D eigenvalue weighted by Gasteiger charge is 2.05. The summed E-state index contributed by atoms with van der Waals surface area (Å²) in [6.07, 6.45) is 2.18. The molecule has 0 saturated carbocycles. The van der Waals surface area contributed by atoms with Gasteiger partial charge in [-0.15, -0.1) is 11.8 Å². The molecule has 0 saturated heterocycles. The van der Waals surface area contributed by atoms with E-state index in [9.17, 15) is 4.79 Å². The van der Waals surface area contributed by atoms with Crippen molar-refractivity contribution in [3.8, 4) is 0 Å². The predicted octanol–water partition coefficient (Wildman–Crippen LogP) is 2.17. The van der Waals surface area contributed by atoms with Gasteiger partial charge in [-0.3, -0.25) is 10.2 Å². The molecule has 0 aromatic heterocycles. The molecular weight excluding hydrogens is 258 g/mol. The van der Waals surface area contributed by atoms with Crippen molar-refractivity contribution in [2.45, 2.75) is 24.2 Å². The molecule has 17 heavy (non-hydrogen) atoms. The van der Waals surface area contributed by atoms with E-state index in [0.29, 0.717) is 17.1 Å². The minimum absolute atomic E-state index is 0.132. The van der Waals surface area contributed by atoms with Crippen LogP contribution in [0, 0.1) is 0 Å². The highest BCUT2D eigenvalue weighted by atomic mass is 35.5. The van der Waals surface area contributed by atoms with Crippen LogP contribution in [0.4, 0.5) is 5.69 Å². The number of thioether (sulfide) groups is 1. The average molecular weight is 274 g/mol. The summed E-state index contributed by atoms with van der Waals surface area (Å²) in [7, 11) is 0. The van der Waals surface area contributed by atoms with Crippen molar-refractivity contribution in [2.75, 3.05) is 11.5 Å². The van der Waals surface area contributed by atoms with Crippen molar-refractivity contribution in [1.29, 1.82) is 0 Å². The van der Waals surface area contributed by atoms with Crippen LogP contribution in [0.25, 0.3) is 0 Å². The minimum Gasteiger partial charge on any atom is -0.398 e. The van der Waals surface area contributed by atoms with Crippen LogP contribution in [0.1, 0.15) is 19.3 Å². The third-order valence-corrected chi connectivity index (χ3v) is 3.87. The first-order chi connectivity index (χ1) is 8.15. The number of hydrogen-bond donors (Lipinski definition) is 3. The van der Waals surface area contributed by atoms with Crippen LogP contribution in [0.3, 0.4) is 0 Å². The molecule has 1 amide bonds. The van der Waals surface area contributed by atoms with E-state index >= 15 is 0 Å². The van der Waals surface area contributed by atoms with Crippen LogP contribution in [0.15, 0.2) is 23.1 Å². The van der Waals surface area contributed by atoms with Crippen LogP contribution < -0.4 is 17.0 Å². The van der Waals surface area contributed by atoms with E-state index in [1.54, 1.807) is 11.8 Å². The summed E-state index contributed by atoms with van der Waals surface area (Å²) in [5, 5.41) is 0.676. The molecule has 0 bridgehead atoms. The Morgan fingerprint density at radius 3 is 2.82 bits per heavy atom. The maximum Gasteiger partial charge on any atom is 0.233 e. The zero-order chi connectivity index (χ0) is 12.7. The van der Waals surface area contributed by atoms with Crippen molar-refractivity contribution in [3.05, 3.63) is 23.2 Å². The SMILES string of the molecule is NNC(=O)CCCCSc1c(N)cccc1Cl. The zero-order valence-electron chi connectivity index (χ0n) is 9.41. The highest BCUT2D eigenvalue weighted by Crippen LogP contribution is 2.32. The summed E-state index contributed by atoms with van der Waals surface area (Å²) in [4.78, 5) is 11.8. The summed E-state index contributed by atoms with van der Waals surface area (Å²) in [5.74, 6) is 5.73. The monoisotopic (exact) mass is 273 g/mol. The highest BCUT2D eigenvalue weighted by molar-refractivity contribution is 7.99. The number of nitrogens with two attached hydrogens (primary N) is 2. The van der Waals surface area contributed by atoms with Crippen LogP contribution >= 0.6 is 23.4 Å². The lowest BCUT2D eigenvalue weighted by Gasteiger charge is -2.07. The van der Waals surface area contributed by atoms with Crippen LogP contribution in [0.5, 0.6) is 0 Å². The van der Waals surface area contributed by atoms with E-state index in [1.165, 1.54) is 0 Å². The standard InChI is InChI=1S/C11H16ClN3OS/c12-8-4-3-5-9(13)11(8)17-7-2-1-6-10(16)15-14/h3-5H,1-2,6-7,13-14H2,(H,15,16). The Bertz CT molecular complexity index is 367. The molecule has 5 N–H and O–H groups in total. The number of anilines is 1. The topological polar surface area (TPSA) is 81.1 Å². The lowest BCUT2D eigenvalue weighted by molar-refractivity contribution is -0.121. The minimum atomic E-state index is -0.132. The smallest absolute Gasteiger partial charge is 0.233 e. The molecular formula is C11H16ClN3OS. The van der Waals surface area contributed by atoms with Crippen LogP contribution in [-0.4, -0.2) is 11.7 Å². The Balaban J connectivity index is 2.29. The molecule has 0 fully saturated rings. The average Bonchev–Trinajstić information content (AvgIpc) is 2.31. The van der Waals surface area contributed by atoms with Gasteiger partial charge in [0, 0.05) is 17.0 Å². The maximum atomic E-state index is 10.9. The van der Waals surface area contributed by atoms with Gasteiger partial charge in [-0.2, -0.15) is 0 Å². The van der Waals surface area contributed by atoms with Gasteiger partial charge in [-0.05, 0) is 30.7 Å². The van der Waals surface area contributed by atoms with Gasteiger partial charge in [-0.1, -0.05) is 17.7 Å². The van der Waals surface area contributed by atoms with Crippen LogP contribution in [0.2, 0.25) is 5.02 Å². The Morgan fingerprint density at radius 1 is 1.41 bits per heavy atom. The van der Waals surface area contributed by atoms with Gasteiger partial charge in [0.15, 0.2) is 0 Å². The summed E-state index contributed by atoms with van der Waals surface area (Å²) >= 11 is 7.65. The predicted molar refractivity (Wildman–Crippen MR) is 72.8 cm³/mol. The number of hydrazine groups is 1. The van der Waals surface area contributed by atoms with E-state index in [2.05, 4.69) is 5.43 Å². The van der Waals surface area contributed by atoms with Gasteiger partial charge < -0.3 is 5.73 Å². The third kappa shape index (κ3) is 4.85. The molecule has 0 unspecified atom stereocenters. The lowest BCUT2D eigenvalue weighted by atomic mass is 10.2. The number of nitrogen functional groups attached to an aromatic ring is 1. The van der Waals surface area contributed by atoms with Crippen molar-refractivity contribution >= 4 is 35.0 Å². The van der Waals surface area contributed by atoms with Crippen molar-refractivity contribution in [2.24, 2.45) is 5.84 Å². The van der Waals surface area contributed by atoms with E-state index in [1.807, 2.05) is 18.2 Å². The second-order valence-corrected chi connectivity index (χ2v) is 5.04. The van der Waals surface area contributed by atoms with E-state index in [0.717, 1.165) is 23.5 Å². The lowest BCUT2D eigenvalue weighted by Crippen LogP contribution is -2.29. The quantitative estimate of drug-likeness (QED) is 0.185. The van der Waals surface area contributed by atoms with Gasteiger partial charge in [0.2, 0.25) is 5.91 Å². The van der Waals surface area contributed by atoms with Gasteiger partial charge in [0.05, 0.1) is 5.02 Å². The molecule has 0 heterocycles. The van der Waals surface area contributed by atoms with Crippen molar-refractivity contribution < 1.29 is 4.79 Å². The molecule has 1 aromatic rings. The summed E-state index contributed by atoms with van der Waals surface area (Å²) in [5.41, 5.74) is 8.62. The fraction of sp³-hybridized carbons (Fsp3) is 0.364. The number of hydrogen-bond acceptors (Lipinski definition) is 4. The maximum absolute atomic E-state index is 10.9. The first-order valence-corrected chi connectivity index (χ1v) is 6.67. The van der Waals surface area contributed by atoms with Crippen molar-refractivity contribution in [1.82, 2.24) is 5.43 Å². The number of carbonyl (C=O) groups excluding carboxylic acids is 1. The van der Waals surface area contributed by atoms with E-state index in [4.69, 9.17) is 23.2 Å². The Hall–Kier alpha value is -0.910. The molecule has 0 aliphatic heterocycles. The molecule has 0 spiro atoms. The second kappa shape index (κ2) is 7.42. The largest absolute Gasteiger partial charge is 0.398 e. The summed E-state index contributed by atoms with van der Waals surface area (Å²) in [6.45, 7) is 0. The fourth-order valence-electron chi connectivity index (χ4n) is 1.31. The number of rotatable bonds is 6. The molecule has 1 rings (SSSR count). The molecule has 0 aliphatic rings. The number of amides is 1. The molecule has 0 atom stereocenters. The van der Waals surface area contributed by atoms with E-state index < -0.39 is 0 Å². The number of carbonyl (C=O) groups is 1. The molecule has 0 radical (unpaired) electrons. The second-order valence-electron chi connectivity index (χ2n) is 3.53. The zero-order valence-corrected chi connectivity index (χ0v) is 11.0. The van der Waals surface area contributed by atoms with Gasteiger partial charge in [0.1, 0.15) is 0 Å². The third-order valence-electron chi connectivity index (χ3n) is 2.20. The first kappa shape index (κ1) is 14.2. The number of benzene rings is 1. The van der Waals surface area contributed by atoms with Gasteiger partial charge in [-0.25, -0.2) is 5.84 Å². The summed E-state index contributed by atoms with van der Waals surface area (Å²) in [6, 6.07) is 5.48. The van der Waals surface area contributed by atoms with E-state index in [-0.39, 0.29) is 5.91 Å². The Kier molecular flexibility index (Phi) is 6.18. The van der Waals surface area contributed by atoms with Gasteiger partial charge in [0.25, 0.3) is 0 Å². The summed E-state index contributed by atoms with van der Waals surface area (Å²) < 4.78 is 0. The van der Waals surface area contributed by atoms with Crippen LogP contribution in [-0.2, 0) is 4.79 Å². The molecule has 1 aromatic carbocycles. The molecule has 0 aliphatic carbocycles. The van der Waals surface area contributed by atoms with Crippen molar-refractivity contribution in [3.63, 3.8) is 0 Å². The molecule has 6 heteroatoms. The number of halogens is 1. The Labute approximate surface area is 110 Å². The molecule has 4 nitrogen and oxygen atoms in total. The molecule has 94 valence electrons. The first-order valence-electron chi connectivity index (χ1n) is 5.31. The number of unbranched alkanes of at least 4 members (excludes halogenated alkanes) is 1. The fourth-order valence-corrected chi connectivity index (χ4v) is 2.65. The van der Waals surface area contributed by atoms with Gasteiger partial charge >= 0.3 is 0 Å².